The lowest BCUT2D eigenvalue weighted by atomic mass is 10.2. The Labute approximate surface area is 90.5 Å². The number of aliphatic hydroxyl groups is 1. The van der Waals surface area contributed by atoms with E-state index in [-0.39, 0.29) is 6.61 Å². The van der Waals surface area contributed by atoms with Gasteiger partial charge in [0, 0.05) is 18.3 Å². The second kappa shape index (κ2) is 5.14. The van der Waals surface area contributed by atoms with Crippen LogP contribution in [0.3, 0.4) is 0 Å². The first-order valence-corrected chi connectivity index (χ1v) is 5.55. The summed E-state index contributed by atoms with van der Waals surface area (Å²) in [6.07, 6.45) is 2.54. The minimum Gasteiger partial charge on any atom is -0.392 e. The standard InChI is InChI=1S/C12H18N2O/c15-9-10-3-1-4-11(7-10)14-8-12-5-2-6-13-12/h1,3-4,7,12-15H,2,5-6,8-9H2. The SMILES string of the molecule is OCc1cccc(NCC2CCCN2)c1. The van der Waals surface area contributed by atoms with Crippen LogP contribution in [0.5, 0.6) is 0 Å². The van der Waals surface area contributed by atoms with Gasteiger partial charge in [-0.1, -0.05) is 12.1 Å². The molecule has 2 rings (SSSR count). The number of hydrogen-bond acceptors (Lipinski definition) is 3. The highest BCUT2D eigenvalue weighted by Crippen LogP contribution is 2.12. The summed E-state index contributed by atoms with van der Waals surface area (Å²) in [5.41, 5.74) is 2.05. The van der Waals surface area contributed by atoms with Crippen molar-refractivity contribution in [3.8, 4) is 0 Å². The van der Waals surface area contributed by atoms with E-state index in [0.29, 0.717) is 6.04 Å². The maximum absolute atomic E-state index is 9.00. The fourth-order valence-corrected chi connectivity index (χ4v) is 1.95. The van der Waals surface area contributed by atoms with Crippen LogP contribution in [0.1, 0.15) is 18.4 Å². The van der Waals surface area contributed by atoms with E-state index in [9.17, 15) is 0 Å². The third-order valence-electron chi connectivity index (χ3n) is 2.82. The van der Waals surface area contributed by atoms with Crippen molar-refractivity contribution >= 4 is 5.69 Å². The van der Waals surface area contributed by atoms with Crippen molar-refractivity contribution in [1.82, 2.24) is 5.32 Å². The molecule has 0 saturated carbocycles. The third kappa shape index (κ3) is 2.94. The van der Waals surface area contributed by atoms with Crippen LogP contribution in [-0.4, -0.2) is 24.2 Å². The molecule has 1 aromatic carbocycles. The first kappa shape index (κ1) is 10.5. The molecule has 1 aliphatic rings. The zero-order chi connectivity index (χ0) is 10.5. The zero-order valence-electron chi connectivity index (χ0n) is 8.87. The Morgan fingerprint density at radius 2 is 2.40 bits per heavy atom. The van der Waals surface area contributed by atoms with Crippen LogP contribution in [0.2, 0.25) is 0 Å². The first-order chi connectivity index (χ1) is 7.38. The highest BCUT2D eigenvalue weighted by Gasteiger charge is 2.12. The monoisotopic (exact) mass is 206 g/mol. The molecule has 3 nitrogen and oxygen atoms in total. The maximum Gasteiger partial charge on any atom is 0.0682 e. The fraction of sp³-hybridized carbons (Fsp3) is 0.500. The first-order valence-electron chi connectivity index (χ1n) is 5.55. The second-order valence-corrected chi connectivity index (χ2v) is 4.03. The van der Waals surface area contributed by atoms with Gasteiger partial charge < -0.3 is 15.7 Å². The lowest BCUT2D eigenvalue weighted by molar-refractivity contribution is 0.282. The van der Waals surface area contributed by atoms with Crippen molar-refractivity contribution in [1.29, 1.82) is 0 Å². The lowest BCUT2D eigenvalue weighted by Crippen LogP contribution is -2.29. The highest BCUT2D eigenvalue weighted by atomic mass is 16.3. The summed E-state index contributed by atoms with van der Waals surface area (Å²) in [4.78, 5) is 0. The van der Waals surface area contributed by atoms with Crippen molar-refractivity contribution in [2.75, 3.05) is 18.4 Å². The number of nitrogens with one attached hydrogen (secondary N) is 2. The van der Waals surface area contributed by atoms with Gasteiger partial charge in [-0.25, -0.2) is 0 Å². The quantitative estimate of drug-likeness (QED) is 0.696. The summed E-state index contributed by atoms with van der Waals surface area (Å²) in [6, 6.07) is 8.53. The minimum absolute atomic E-state index is 0.108. The Morgan fingerprint density at radius 1 is 1.47 bits per heavy atom. The van der Waals surface area contributed by atoms with Crippen LogP contribution in [0.25, 0.3) is 0 Å². The lowest BCUT2D eigenvalue weighted by Gasteiger charge is -2.13. The number of hydrogen-bond donors (Lipinski definition) is 3. The van der Waals surface area contributed by atoms with Crippen LogP contribution in [0.4, 0.5) is 5.69 Å². The third-order valence-corrected chi connectivity index (χ3v) is 2.82. The number of rotatable bonds is 4. The Bertz CT molecular complexity index is 308. The second-order valence-electron chi connectivity index (χ2n) is 4.03. The summed E-state index contributed by atoms with van der Waals surface area (Å²) in [6.45, 7) is 2.22. The molecule has 3 N–H and O–H groups in total. The summed E-state index contributed by atoms with van der Waals surface area (Å²) in [5.74, 6) is 0. The van der Waals surface area contributed by atoms with Crippen LogP contribution in [0, 0.1) is 0 Å². The van der Waals surface area contributed by atoms with E-state index in [0.717, 1.165) is 24.3 Å². The predicted molar refractivity (Wildman–Crippen MR) is 61.9 cm³/mol. The molecule has 0 spiro atoms. The average molecular weight is 206 g/mol. The molecule has 0 aromatic heterocycles. The van der Waals surface area contributed by atoms with Gasteiger partial charge in [-0.05, 0) is 37.1 Å². The summed E-state index contributed by atoms with van der Waals surface area (Å²) in [7, 11) is 0. The van der Waals surface area contributed by atoms with Gasteiger partial charge in [-0.15, -0.1) is 0 Å². The molecule has 1 aromatic rings. The van der Waals surface area contributed by atoms with Crippen molar-refractivity contribution in [2.45, 2.75) is 25.5 Å². The van der Waals surface area contributed by atoms with E-state index in [1.807, 2.05) is 24.3 Å². The van der Waals surface area contributed by atoms with Crippen LogP contribution >= 0.6 is 0 Å². The van der Waals surface area contributed by atoms with Crippen LogP contribution in [0.15, 0.2) is 24.3 Å². The van der Waals surface area contributed by atoms with E-state index in [2.05, 4.69) is 10.6 Å². The molecule has 1 heterocycles. The predicted octanol–water partition coefficient (Wildman–Crippen LogP) is 1.34. The molecule has 1 fully saturated rings. The molecule has 0 aliphatic carbocycles. The Morgan fingerprint density at radius 3 is 3.13 bits per heavy atom. The molecule has 0 amide bonds. The molecule has 82 valence electrons. The Hall–Kier alpha value is -1.06. The minimum atomic E-state index is 0.108. The van der Waals surface area contributed by atoms with Gasteiger partial charge in [-0.3, -0.25) is 0 Å². The smallest absolute Gasteiger partial charge is 0.0682 e. The molecule has 1 unspecified atom stereocenters. The van der Waals surface area contributed by atoms with Gasteiger partial charge in [0.1, 0.15) is 0 Å². The van der Waals surface area contributed by atoms with Gasteiger partial charge >= 0.3 is 0 Å². The van der Waals surface area contributed by atoms with Crippen molar-refractivity contribution in [2.24, 2.45) is 0 Å². The molecule has 3 heteroatoms. The summed E-state index contributed by atoms with van der Waals surface area (Å²) >= 11 is 0. The van der Waals surface area contributed by atoms with Crippen LogP contribution < -0.4 is 10.6 Å². The number of benzene rings is 1. The van der Waals surface area contributed by atoms with E-state index < -0.39 is 0 Å². The Kier molecular flexibility index (Phi) is 3.59. The van der Waals surface area contributed by atoms with Crippen molar-refractivity contribution in [3.05, 3.63) is 29.8 Å². The maximum atomic E-state index is 9.00. The molecule has 0 radical (unpaired) electrons. The van der Waals surface area contributed by atoms with E-state index in [4.69, 9.17) is 5.11 Å². The summed E-state index contributed by atoms with van der Waals surface area (Å²) < 4.78 is 0. The van der Waals surface area contributed by atoms with Gasteiger partial charge in [0.25, 0.3) is 0 Å². The number of anilines is 1. The molecule has 1 saturated heterocycles. The van der Waals surface area contributed by atoms with Crippen LogP contribution in [-0.2, 0) is 6.61 Å². The molecule has 1 atom stereocenters. The van der Waals surface area contributed by atoms with Gasteiger partial charge in [0.15, 0.2) is 0 Å². The highest BCUT2D eigenvalue weighted by molar-refractivity contribution is 5.45. The van der Waals surface area contributed by atoms with Crippen molar-refractivity contribution < 1.29 is 5.11 Å². The van der Waals surface area contributed by atoms with E-state index in [1.165, 1.54) is 12.8 Å². The molecule has 1 aliphatic heterocycles. The largest absolute Gasteiger partial charge is 0.392 e. The zero-order valence-corrected chi connectivity index (χ0v) is 8.87. The van der Waals surface area contributed by atoms with E-state index in [1.54, 1.807) is 0 Å². The van der Waals surface area contributed by atoms with Gasteiger partial charge in [0.05, 0.1) is 6.61 Å². The van der Waals surface area contributed by atoms with Crippen molar-refractivity contribution in [3.63, 3.8) is 0 Å². The molecular weight excluding hydrogens is 188 g/mol. The van der Waals surface area contributed by atoms with Gasteiger partial charge in [-0.2, -0.15) is 0 Å². The molecule has 15 heavy (non-hydrogen) atoms. The Balaban J connectivity index is 1.86. The topological polar surface area (TPSA) is 44.3 Å². The summed E-state index contributed by atoms with van der Waals surface area (Å²) in [5, 5.41) is 15.8. The molecule has 0 bridgehead atoms. The van der Waals surface area contributed by atoms with E-state index >= 15 is 0 Å². The molecular formula is C12H18N2O. The van der Waals surface area contributed by atoms with Gasteiger partial charge in [0.2, 0.25) is 0 Å². The average Bonchev–Trinajstić information content (AvgIpc) is 2.79. The normalized spacial score (nSPS) is 20.5. The fourth-order valence-electron chi connectivity index (χ4n) is 1.95. The number of aliphatic hydroxyl groups excluding tert-OH is 1.